The zero-order valence-electron chi connectivity index (χ0n) is 19.3. The van der Waals surface area contributed by atoms with Crippen molar-refractivity contribution in [2.75, 3.05) is 0 Å². The van der Waals surface area contributed by atoms with Gasteiger partial charge in [0.25, 0.3) is 5.56 Å². The molecule has 0 aliphatic heterocycles. The van der Waals surface area contributed by atoms with E-state index in [2.05, 4.69) is 69.9 Å². The predicted octanol–water partition coefficient (Wildman–Crippen LogP) is 7.20. The van der Waals surface area contributed by atoms with Crippen LogP contribution in [0.1, 0.15) is 48.7 Å². The van der Waals surface area contributed by atoms with Crippen molar-refractivity contribution in [2.24, 2.45) is 5.10 Å². The lowest BCUT2D eigenvalue weighted by molar-refractivity contribution is 0.304. The van der Waals surface area contributed by atoms with E-state index in [9.17, 15) is 4.79 Å². The first-order valence-electron chi connectivity index (χ1n) is 11.1. The zero-order valence-corrected chi connectivity index (χ0v) is 22.4. The predicted molar refractivity (Wildman–Crippen MR) is 145 cm³/mol. The van der Waals surface area contributed by atoms with Crippen LogP contribution in [0, 0.1) is 6.92 Å². The van der Waals surface area contributed by atoms with Crippen LogP contribution in [0.3, 0.4) is 0 Å². The first-order valence-corrected chi connectivity index (χ1v) is 12.7. The molecule has 3 aromatic carbocycles. The van der Waals surface area contributed by atoms with Gasteiger partial charge in [-0.1, -0.05) is 59.6 Å². The molecule has 0 radical (unpaired) electrons. The van der Waals surface area contributed by atoms with E-state index in [0.717, 1.165) is 32.2 Å². The standard InChI is InChI=1S/C27H25Br2N3O2/c1-4-18(3)26-31-24-10-9-21(28)14-22(24)27(33)32(26)30-15-19-8-11-25(23(29)13-19)34-16-20-7-5-6-17(2)12-20/h5-15,18H,4,16H2,1-3H3/t18-/m0/s1. The number of rotatable bonds is 7. The number of ether oxygens (including phenoxy) is 1. The van der Waals surface area contributed by atoms with Crippen LogP contribution in [-0.4, -0.2) is 15.9 Å². The molecule has 0 saturated heterocycles. The van der Waals surface area contributed by atoms with Crippen molar-refractivity contribution in [1.82, 2.24) is 9.66 Å². The number of benzene rings is 3. The molecule has 4 aromatic rings. The Hall–Kier alpha value is -2.77. The van der Waals surface area contributed by atoms with Gasteiger partial charge in [-0.25, -0.2) is 4.98 Å². The molecule has 0 fully saturated rings. The fourth-order valence-corrected chi connectivity index (χ4v) is 4.45. The molecule has 0 amide bonds. The Kier molecular flexibility index (Phi) is 7.63. The van der Waals surface area contributed by atoms with Crippen LogP contribution in [0.25, 0.3) is 10.9 Å². The van der Waals surface area contributed by atoms with Crippen LogP contribution >= 0.6 is 31.9 Å². The average molecular weight is 583 g/mol. The highest BCUT2D eigenvalue weighted by atomic mass is 79.9. The normalized spacial score (nSPS) is 12.4. The maximum Gasteiger partial charge on any atom is 0.282 e. The Morgan fingerprint density at radius 2 is 1.94 bits per heavy atom. The maximum absolute atomic E-state index is 13.3. The van der Waals surface area contributed by atoms with Crippen molar-refractivity contribution in [3.8, 4) is 5.75 Å². The number of aromatic nitrogens is 2. The van der Waals surface area contributed by atoms with Crippen molar-refractivity contribution < 1.29 is 4.74 Å². The monoisotopic (exact) mass is 581 g/mol. The van der Waals surface area contributed by atoms with Crippen LogP contribution < -0.4 is 10.3 Å². The minimum absolute atomic E-state index is 0.0852. The second-order valence-corrected chi connectivity index (χ2v) is 10.0. The lowest BCUT2D eigenvalue weighted by Crippen LogP contribution is -2.23. The number of halogens is 2. The fourth-order valence-electron chi connectivity index (χ4n) is 3.58. The summed E-state index contributed by atoms with van der Waals surface area (Å²) in [6, 6.07) is 19.5. The van der Waals surface area contributed by atoms with Crippen molar-refractivity contribution in [3.63, 3.8) is 0 Å². The third-order valence-corrected chi connectivity index (χ3v) is 6.75. The van der Waals surface area contributed by atoms with E-state index in [1.165, 1.54) is 10.2 Å². The summed E-state index contributed by atoms with van der Waals surface area (Å²) in [7, 11) is 0. The minimum atomic E-state index is -0.185. The molecule has 0 aliphatic carbocycles. The Balaban J connectivity index is 1.62. The fraction of sp³-hybridized carbons (Fsp3) is 0.222. The van der Waals surface area contributed by atoms with Crippen LogP contribution in [-0.2, 0) is 6.61 Å². The van der Waals surface area contributed by atoms with Crippen LogP contribution in [0.2, 0.25) is 0 Å². The van der Waals surface area contributed by atoms with Crippen LogP contribution in [0.5, 0.6) is 5.75 Å². The molecule has 0 spiro atoms. The molecule has 0 bridgehead atoms. The smallest absolute Gasteiger partial charge is 0.282 e. The lowest BCUT2D eigenvalue weighted by Gasteiger charge is -2.14. The molecule has 1 heterocycles. The molecular formula is C27H25Br2N3O2. The van der Waals surface area contributed by atoms with Gasteiger partial charge in [0.15, 0.2) is 0 Å². The third kappa shape index (κ3) is 5.47. The number of hydrogen-bond donors (Lipinski definition) is 0. The van der Waals surface area contributed by atoms with Gasteiger partial charge in [0.05, 0.1) is 21.6 Å². The summed E-state index contributed by atoms with van der Waals surface area (Å²) < 4.78 is 9.04. The lowest BCUT2D eigenvalue weighted by atomic mass is 10.1. The van der Waals surface area contributed by atoms with E-state index in [-0.39, 0.29) is 11.5 Å². The quantitative estimate of drug-likeness (QED) is 0.216. The van der Waals surface area contributed by atoms with E-state index in [4.69, 9.17) is 9.72 Å². The van der Waals surface area contributed by atoms with Gasteiger partial charge in [0.1, 0.15) is 18.2 Å². The van der Waals surface area contributed by atoms with Gasteiger partial charge in [-0.05, 0) is 76.8 Å². The molecular weight excluding hydrogens is 558 g/mol. The van der Waals surface area contributed by atoms with Crippen molar-refractivity contribution in [2.45, 2.75) is 39.7 Å². The van der Waals surface area contributed by atoms with Gasteiger partial charge in [-0.3, -0.25) is 4.79 Å². The van der Waals surface area contributed by atoms with E-state index < -0.39 is 0 Å². The summed E-state index contributed by atoms with van der Waals surface area (Å²) >= 11 is 7.03. The first kappa shape index (κ1) is 24.4. The van der Waals surface area contributed by atoms with Gasteiger partial charge in [-0.15, -0.1) is 0 Å². The van der Waals surface area contributed by atoms with Gasteiger partial charge in [-0.2, -0.15) is 9.78 Å². The third-order valence-electron chi connectivity index (χ3n) is 5.64. The molecule has 0 saturated carbocycles. The maximum atomic E-state index is 13.3. The highest BCUT2D eigenvalue weighted by Gasteiger charge is 2.15. The number of aryl methyl sites for hydroxylation is 1. The van der Waals surface area contributed by atoms with Gasteiger partial charge < -0.3 is 4.74 Å². The zero-order chi connectivity index (χ0) is 24.2. The molecule has 0 N–H and O–H groups in total. The van der Waals surface area contributed by atoms with Gasteiger partial charge >= 0.3 is 0 Å². The molecule has 0 unspecified atom stereocenters. The van der Waals surface area contributed by atoms with Crippen LogP contribution in [0.4, 0.5) is 0 Å². The second kappa shape index (κ2) is 10.7. The Labute approximate surface area is 215 Å². The highest BCUT2D eigenvalue weighted by Crippen LogP contribution is 2.27. The topological polar surface area (TPSA) is 56.5 Å². The molecule has 1 atom stereocenters. The average Bonchev–Trinajstić information content (AvgIpc) is 2.82. The molecule has 4 rings (SSSR count). The summed E-state index contributed by atoms with van der Waals surface area (Å²) in [5, 5.41) is 5.07. The highest BCUT2D eigenvalue weighted by molar-refractivity contribution is 9.10. The molecule has 34 heavy (non-hydrogen) atoms. The Morgan fingerprint density at radius 1 is 1.12 bits per heavy atom. The van der Waals surface area contributed by atoms with Gasteiger partial charge in [0.2, 0.25) is 0 Å². The number of nitrogens with zero attached hydrogens (tertiary/aromatic N) is 3. The van der Waals surface area contributed by atoms with Crippen molar-refractivity contribution in [1.29, 1.82) is 0 Å². The number of fused-ring (bicyclic) bond motifs is 1. The summed E-state index contributed by atoms with van der Waals surface area (Å²) in [5.41, 5.74) is 3.65. The Morgan fingerprint density at radius 3 is 2.68 bits per heavy atom. The minimum Gasteiger partial charge on any atom is -0.488 e. The molecule has 174 valence electrons. The van der Waals surface area contributed by atoms with Crippen LogP contribution in [0.15, 0.2) is 79.5 Å². The van der Waals surface area contributed by atoms with Crippen molar-refractivity contribution >= 4 is 49.0 Å². The second-order valence-electron chi connectivity index (χ2n) is 8.27. The van der Waals surface area contributed by atoms with Gasteiger partial charge in [0, 0.05) is 10.4 Å². The summed E-state index contributed by atoms with van der Waals surface area (Å²) in [6.45, 7) is 6.67. The molecule has 7 heteroatoms. The molecule has 0 aliphatic rings. The largest absolute Gasteiger partial charge is 0.488 e. The van der Waals surface area contributed by atoms with E-state index in [1.54, 1.807) is 12.3 Å². The van der Waals surface area contributed by atoms with E-state index in [1.807, 2.05) is 42.5 Å². The summed E-state index contributed by atoms with van der Waals surface area (Å²) in [4.78, 5) is 18.0. The van der Waals surface area contributed by atoms with E-state index >= 15 is 0 Å². The number of hydrogen-bond acceptors (Lipinski definition) is 4. The van der Waals surface area contributed by atoms with E-state index in [0.29, 0.717) is 23.3 Å². The Bertz CT molecular complexity index is 1430. The SMILES string of the molecule is CC[C@H](C)c1nc2ccc(Br)cc2c(=O)n1N=Cc1ccc(OCc2cccc(C)c2)c(Br)c1. The molecule has 1 aromatic heterocycles. The first-order chi connectivity index (χ1) is 16.4. The summed E-state index contributed by atoms with van der Waals surface area (Å²) in [5.74, 6) is 1.48. The summed E-state index contributed by atoms with van der Waals surface area (Å²) in [6.07, 6.45) is 2.52. The molecule has 5 nitrogen and oxygen atoms in total. The van der Waals surface area contributed by atoms with Crippen molar-refractivity contribution in [3.05, 3.63) is 102 Å².